The van der Waals surface area contributed by atoms with E-state index >= 15 is 0 Å². The van der Waals surface area contributed by atoms with E-state index in [1.807, 2.05) is 42.7 Å². The van der Waals surface area contributed by atoms with Crippen molar-refractivity contribution in [3.05, 3.63) is 59.7 Å². The number of fused-ring (bicyclic) bond motifs is 1. The molecule has 9 nitrogen and oxygen atoms in total. The van der Waals surface area contributed by atoms with Crippen LogP contribution < -0.4 is 20.9 Å². The Morgan fingerprint density at radius 1 is 1.02 bits per heavy atom. The van der Waals surface area contributed by atoms with Crippen molar-refractivity contribution < 1.29 is 28.4 Å². The zero-order valence-corrected chi connectivity index (χ0v) is 29.2. The fourth-order valence-corrected chi connectivity index (χ4v) is 6.07. The van der Waals surface area contributed by atoms with Gasteiger partial charge in [0.25, 0.3) is 0 Å². The zero-order chi connectivity index (χ0) is 33.5. The fraction of sp³-hybridized carbons (Fsp3) is 0.588. The number of ether oxygens (including phenoxy) is 2. The number of carbonyl (C=O) groups is 2. The van der Waals surface area contributed by atoms with Crippen molar-refractivity contribution >= 4 is 34.4 Å². The van der Waals surface area contributed by atoms with Crippen molar-refractivity contribution in [2.75, 3.05) is 44.7 Å². The lowest BCUT2D eigenvalue weighted by molar-refractivity contribution is -0.138. The molecule has 0 fully saturated rings. The molecule has 3 atom stereocenters. The lowest BCUT2D eigenvalue weighted by atomic mass is 10.1. The summed E-state index contributed by atoms with van der Waals surface area (Å²) in [4.78, 5) is 22.9. The molecule has 0 spiro atoms. The van der Waals surface area contributed by atoms with Gasteiger partial charge in [-0.05, 0) is 61.0 Å². The number of hydrogen-bond donors (Lipinski definition) is 3. The molecule has 1 amide bonds. The van der Waals surface area contributed by atoms with Crippen molar-refractivity contribution in [1.29, 1.82) is 0 Å². The Kier molecular flexibility index (Phi) is 22.1. The van der Waals surface area contributed by atoms with Crippen LogP contribution in [0.15, 0.2) is 48.5 Å². The summed E-state index contributed by atoms with van der Waals surface area (Å²) < 4.78 is 23.0. The van der Waals surface area contributed by atoms with Crippen LogP contribution in [0.5, 0.6) is 11.5 Å². The average molecular weight is 666 g/mol. The molecule has 0 bridgehead atoms. The third-order valence-electron chi connectivity index (χ3n) is 7.24. The maximum absolute atomic E-state index is 12.3. The summed E-state index contributed by atoms with van der Waals surface area (Å²) in [6.45, 7) is 5.42. The normalized spacial score (nSPS) is 13.4. The number of likely N-dealkylation sites (N-methyl/N-ethyl adjacent to an activating group) is 1. The number of thioether (sulfide) groups is 1. The van der Waals surface area contributed by atoms with Gasteiger partial charge in [-0.2, -0.15) is 11.8 Å². The molecule has 254 valence electrons. The van der Waals surface area contributed by atoms with Gasteiger partial charge in [-0.25, -0.2) is 0 Å². The highest BCUT2D eigenvalue weighted by atomic mass is 32.2. The molecule has 1 aliphatic rings. The van der Waals surface area contributed by atoms with Crippen LogP contribution in [0, 0.1) is 0 Å². The van der Waals surface area contributed by atoms with E-state index in [0.29, 0.717) is 13.2 Å². The minimum absolute atomic E-state index is 0.0130. The molecule has 1 aliphatic heterocycles. The fourth-order valence-electron chi connectivity index (χ4n) is 4.31. The molecule has 11 heteroatoms. The summed E-state index contributed by atoms with van der Waals surface area (Å²) in [5.41, 5.74) is 12.9. The van der Waals surface area contributed by atoms with Crippen LogP contribution in [0.25, 0.3) is 0 Å². The van der Waals surface area contributed by atoms with Crippen molar-refractivity contribution in [1.82, 2.24) is 4.90 Å². The van der Waals surface area contributed by atoms with Crippen LogP contribution in [0.1, 0.15) is 69.9 Å². The van der Waals surface area contributed by atoms with Gasteiger partial charge in [0.15, 0.2) is 11.5 Å². The standard InChI is InChI=1S/C18H28O3S.C11H16N2O.C5H11NO2S/c1-3-4-5-6-7-8-11-22(19)15(2)12-16-9-10-17-18(13-16)21-14-20-17;1-13(11(14)9-12)8-7-10-5-3-2-4-6-10;1-9-3-2-4(6)5(7)8/h9-10,13,15H,3-8,11-12,14H2,1-2H3;2-6H,7-9,12H2,1H3;4H,2-3,6H2,1H3,(H,7,8). The van der Waals surface area contributed by atoms with E-state index in [1.165, 1.54) is 43.2 Å². The number of benzene rings is 2. The number of carboxylic acids is 1. The molecule has 2 aromatic carbocycles. The number of hydrogen-bond acceptors (Lipinski definition) is 8. The van der Waals surface area contributed by atoms with Crippen molar-refractivity contribution in [2.45, 2.75) is 82.9 Å². The number of nitrogens with two attached hydrogens (primary N) is 2. The van der Waals surface area contributed by atoms with E-state index in [2.05, 4.69) is 26.0 Å². The lowest BCUT2D eigenvalue weighted by Gasteiger charge is -2.15. The van der Waals surface area contributed by atoms with E-state index < -0.39 is 22.8 Å². The van der Waals surface area contributed by atoms with Gasteiger partial charge in [-0.15, -0.1) is 0 Å². The molecule has 0 saturated heterocycles. The van der Waals surface area contributed by atoms with Gasteiger partial charge in [0.2, 0.25) is 12.7 Å². The number of carbonyl (C=O) groups excluding carboxylic acids is 1. The number of aliphatic carboxylic acids is 1. The summed E-state index contributed by atoms with van der Waals surface area (Å²) >= 11 is 1.60. The summed E-state index contributed by atoms with van der Waals surface area (Å²) in [5.74, 6) is 2.34. The Morgan fingerprint density at radius 2 is 1.69 bits per heavy atom. The second kappa shape index (κ2) is 24.6. The quantitative estimate of drug-likeness (QED) is 0.182. The minimum Gasteiger partial charge on any atom is -0.480 e. The van der Waals surface area contributed by atoms with E-state index in [4.69, 9.17) is 26.0 Å². The van der Waals surface area contributed by atoms with Gasteiger partial charge in [0.05, 0.1) is 6.54 Å². The molecule has 1 heterocycles. The van der Waals surface area contributed by atoms with Crippen LogP contribution in [0.4, 0.5) is 0 Å². The van der Waals surface area contributed by atoms with Crippen LogP contribution in [0.3, 0.4) is 0 Å². The molecule has 2 aromatic rings. The van der Waals surface area contributed by atoms with E-state index in [9.17, 15) is 13.8 Å². The third kappa shape index (κ3) is 18.2. The highest BCUT2D eigenvalue weighted by Crippen LogP contribution is 2.33. The third-order valence-corrected chi connectivity index (χ3v) is 9.64. The van der Waals surface area contributed by atoms with Gasteiger partial charge in [-0.3, -0.25) is 13.8 Å². The number of carboxylic acid groups (broad SMARTS) is 1. The van der Waals surface area contributed by atoms with Gasteiger partial charge in [0, 0.05) is 35.4 Å². The molecule has 3 rings (SSSR count). The molecule has 0 saturated carbocycles. The summed E-state index contributed by atoms with van der Waals surface area (Å²) in [6.07, 6.45) is 11.7. The van der Waals surface area contributed by atoms with Gasteiger partial charge in [0.1, 0.15) is 6.04 Å². The zero-order valence-electron chi connectivity index (χ0n) is 27.6. The topological polar surface area (TPSA) is 145 Å². The number of nitrogens with zero attached hydrogens (tertiary/aromatic N) is 1. The summed E-state index contributed by atoms with van der Waals surface area (Å²) in [7, 11) is 1.03. The SMILES string of the molecule is CCCCCCCCS(=O)C(C)Cc1ccc2c(c1)OCO2.CN(CCc1ccccc1)C(=O)CN.CSCCC(N)C(=O)O. The van der Waals surface area contributed by atoms with Crippen LogP contribution in [0.2, 0.25) is 0 Å². The van der Waals surface area contributed by atoms with Gasteiger partial charge < -0.3 is 30.9 Å². The van der Waals surface area contributed by atoms with Gasteiger partial charge >= 0.3 is 5.97 Å². The van der Waals surface area contributed by atoms with E-state index in [-0.39, 0.29) is 17.7 Å². The molecule has 0 radical (unpaired) electrons. The van der Waals surface area contributed by atoms with Crippen molar-refractivity contribution in [3.8, 4) is 11.5 Å². The van der Waals surface area contributed by atoms with E-state index in [0.717, 1.165) is 48.8 Å². The smallest absolute Gasteiger partial charge is 0.320 e. The Morgan fingerprint density at radius 3 is 2.33 bits per heavy atom. The summed E-state index contributed by atoms with van der Waals surface area (Å²) in [6, 6.07) is 15.4. The Labute approximate surface area is 277 Å². The first-order chi connectivity index (χ1) is 21.6. The highest BCUT2D eigenvalue weighted by Gasteiger charge is 2.16. The monoisotopic (exact) mass is 665 g/mol. The maximum atomic E-state index is 12.3. The van der Waals surface area contributed by atoms with Crippen LogP contribution in [-0.2, 0) is 33.2 Å². The molecule has 3 unspecified atom stereocenters. The first-order valence-corrected chi connectivity index (χ1v) is 18.6. The van der Waals surface area contributed by atoms with Crippen molar-refractivity contribution in [3.63, 3.8) is 0 Å². The number of rotatable bonds is 18. The molecular formula is C34H55N3O6S2. The highest BCUT2D eigenvalue weighted by molar-refractivity contribution is 7.98. The molecular weight excluding hydrogens is 611 g/mol. The predicted octanol–water partition coefficient (Wildman–Crippen LogP) is 5.25. The van der Waals surface area contributed by atoms with Gasteiger partial charge in [-0.1, -0.05) is 82.3 Å². The van der Waals surface area contributed by atoms with Crippen LogP contribution >= 0.6 is 11.8 Å². The van der Waals surface area contributed by atoms with Crippen LogP contribution in [-0.4, -0.2) is 82.1 Å². The average Bonchev–Trinajstić information content (AvgIpc) is 3.52. The first kappa shape index (κ1) is 40.4. The Balaban J connectivity index is 0.000000377. The maximum Gasteiger partial charge on any atom is 0.320 e. The Bertz CT molecular complexity index is 1120. The predicted molar refractivity (Wildman–Crippen MR) is 188 cm³/mol. The van der Waals surface area contributed by atoms with E-state index in [1.54, 1.807) is 23.7 Å². The lowest BCUT2D eigenvalue weighted by Crippen LogP contribution is -2.34. The molecule has 45 heavy (non-hydrogen) atoms. The first-order valence-electron chi connectivity index (χ1n) is 15.8. The molecule has 5 N–H and O–H groups in total. The van der Waals surface area contributed by atoms with Crippen molar-refractivity contribution in [2.24, 2.45) is 11.5 Å². The summed E-state index contributed by atoms with van der Waals surface area (Å²) in [5, 5.41) is 8.47. The molecule has 0 aromatic heterocycles. The Hall–Kier alpha value is -2.60. The second-order valence-corrected chi connectivity index (χ2v) is 14.0. The second-order valence-electron chi connectivity index (χ2n) is 11.0. The number of amides is 1. The minimum atomic E-state index is -0.913. The molecule has 0 aliphatic carbocycles. The largest absolute Gasteiger partial charge is 0.480 e. The number of unbranched alkanes of at least 4 members (excludes halogenated alkanes) is 5.